The van der Waals surface area contributed by atoms with Gasteiger partial charge in [-0.3, -0.25) is 4.98 Å². The standard InChI is InChI=1S/C21H23F2N3O/c22-21(23)14-20(21)8-6-18(7-9-20)26-19(27)25-12-15-3-1-4-16(11-15)17-5-2-10-24-13-17/h1-5,10-11,13,18H,6-9,12,14H2,(H2,25,26,27). The van der Waals surface area contributed by atoms with Gasteiger partial charge in [0, 0.05) is 36.8 Å². The number of amides is 2. The normalized spacial score (nSPS) is 25.8. The summed E-state index contributed by atoms with van der Waals surface area (Å²) >= 11 is 0. The molecule has 2 aliphatic carbocycles. The Morgan fingerprint density at radius 1 is 1.15 bits per heavy atom. The van der Waals surface area contributed by atoms with Crippen molar-refractivity contribution in [2.45, 2.75) is 50.6 Å². The minimum Gasteiger partial charge on any atom is -0.335 e. The Morgan fingerprint density at radius 2 is 1.89 bits per heavy atom. The molecular formula is C21H23F2N3O. The first-order valence-electron chi connectivity index (χ1n) is 9.39. The molecule has 1 aromatic carbocycles. The molecule has 142 valence electrons. The Balaban J connectivity index is 1.26. The molecule has 0 radical (unpaired) electrons. The number of pyridine rings is 1. The molecule has 0 aliphatic heterocycles. The van der Waals surface area contributed by atoms with Gasteiger partial charge in [0.1, 0.15) is 0 Å². The van der Waals surface area contributed by atoms with Crippen molar-refractivity contribution in [2.75, 3.05) is 0 Å². The Labute approximate surface area is 157 Å². The Bertz CT molecular complexity index is 817. The zero-order valence-corrected chi connectivity index (χ0v) is 15.1. The van der Waals surface area contributed by atoms with Gasteiger partial charge in [0.05, 0.1) is 0 Å². The second kappa shape index (κ2) is 6.91. The lowest BCUT2D eigenvalue weighted by Crippen LogP contribution is -2.44. The number of hydrogen-bond donors (Lipinski definition) is 2. The molecule has 2 amide bonds. The predicted octanol–water partition coefficient (Wildman–Crippen LogP) is 4.52. The summed E-state index contributed by atoms with van der Waals surface area (Å²) in [6.07, 6.45) is 5.80. The number of benzene rings is 1. The molecule has 2 N–H and O–H groups in total. The van der Waals surface area contributed by atoms with E-state index in [1.165, 1.54) is 0 Å². The van der Waals surface area contributed by atoms with Gasteiger partial charge >= 0.3 is 6.03 Å². The second-order valence-corrected chi connectivity index (χ2v) is 7.70. The van der Waals surface area contributed by atoms with Crippen molar-refractivity contribution >= 4 is 6.03 Å². The van der Waals surface area contributed by atoms with E-state index in [9.17, 15) is 13.6 Å². The van der Waals surface area contributed by atoms with Crippen molar-refractivity contribution in [2.24, 2.45) is 5.41 Å². The van der Waals surface area contributed by atoms with Crippen LogP contribution in [0.3, 0.4) is 0 Å². The van der Waals surface area contributed by atoms with Gasteiger partial charge < -0.3 is 10.6 Å². The summed E-state index contributed by atoms with van der Waals surface area (Å²) in [5.41, 5.74) is 2.29. The quantitative estimate of drug-likeness (QED) is 0.830. The van der Waals surface area contributed by atoms with Crippen LogP contribution < -0.4 is 10.6 Å². The monoisotopic (exact) mass is 371 g/mol. The molecule has 1 spiro atoms. The average molecular weight is 371 g/mol. The van der Waals surface area contributed by atoms with Crippen LogP contribution in [0, 0.1) is 5.41 Å². The average Bonchev–Trinajstić information content (AvgIpc) is 3.22. The topological polar surface area (TPSA) is 54.0 Å². The zero-order valence-electron chi connectivity index (χ0n) is 15.1. The van der Waals surface area contributed by atoms with E-state index in [-0.39, 0.29) is 18.5 Å². The summed E-state index contributed by atoms with van der Waals surface area (Å²) in [7, 11) is 0. The zero-order chi connectivity index (χ0) is 18.9. The second-order valence-electron chi connectivity index (χ2n) is 7.70. The Morgan fingerprint density at radius 3 is 2.56 bits per heavy atom. The third-order valence-electron chi connectivity index (χ3n) is 5.86. The van der Waals surface area contributed by atoms with Crippen molar-refractivity contribution < 1.29 is 13.6 Å². The molecule has 27 heavy (non-hydrogen) atoms. The molecule has 6 heteroatoms. The van der Waals surface area contributed by atoms with Crippen LogP contribution in [0.15, 0.2) is 48.8 Å². The van der Waals surface area contributed by atoms with Gasteiger partial charge in [-0.25, -0.2) is 13.6 Å². The van der Waals surface area contributed by atoms with E-state index in [1.807, 2.05) is 36.4 Å². The number of carbonyl (C=O) groups is 1. The van der Waals surface area contributed by atoms with Gasteiger partial charge in [0.2, 0.25) is 0 Å². The molecule has 0 atom stereocenters. The molecule has 0 unspecified atom stereocenters. The molecule has 2 saturated carbocycles. The number of halogens is 2. The van der Waals surface area contributed by atoms with Crippen LogP contribution in [0.5, 0.6) is 0 Å². The summed E-state index contributed by atoms with van der Waals surface area (Å²) in [5, 5.41) is 5.79. The van der Waals surface area contributed by atoms with Gasteiger partial charge in [-0.1, -0.05) is 24.3 Å². The molecule has 0 bridgehead atoms. The van der Waals surface area contributed by atoms with Crippen LogP contribution in [0.1, 0.15) is 37.7 Å². The molecule has 4 rings (SSSR count). The summed E-state index contributed by atoms with van der Waals surface area (Å²) < 4.78 is 26.8. The molecule has 4 nitrogen and oxygen atoms in total. The van der Waals surface area contributed by atoms with Crippen LogP contribution in [0.4, 0.5) is 13.6 Å². The van der Waals surface area contributed by atoms with Gasteiger partial charge in [-0.2, -0.15) is 0 Å². The molecule has 2 fully saturated rings. The first-order valence-corrected chi connectivity index (χ1v) is 9.39. The highest BCUT2D eigenvalue weighted by molar-refractivity contribution is 5.74. The lowest BCUT2D eigenvalue weighted by molar-refractivity contribution is 0.0445. The number of carbonyl (C=O) groups excluding carboxylic acids is 1. The van der Waals surface area contributed by atoms with Crippen molar-refractivity contribution in [3.63, 3.8) is 0 Å². The van der Waals surface area contributed by atoms with Crippen molar-refractivity contribution in [3.8, 4) is 11.1 Å². The molecule has 0 saturated heterocycles. The van der Waals surface area contributed by atoms with E-state index >= 15 is 0 Å². The van der Waals surface area contributed by atoms with E-state index in [1.54, 1.807) is 12.4 Å². The summed E-state index contributed by atoms with van der Waals surface area (Å²) in [5.74, 6) is -2.49. The van der Waals surface area contributed by atoms with Crippen LogP contribution in [0.25, 0.3) is 11.1 Å². The van der Waals surface area contributed by atoms with Crippen LogP contribution in [-0.2, 0) is 6.54 Å². The number of hydrogen-bond acceptors (Lipinski definition) is 2. The Hall–Kier alpha value is -2.50. The van der Waals surface area contributed by atoms with Crippen LogP contribution in [0.2, 0.25) is 0 Å². The number of nitrogens with one attached hydrogen (secondary N) is 2. The minimum absolute atomic E-state index is 0.0197. The van der Waals surface area contributed by atoms with Gasteiger partial charge in [-0.05, 0) is 54.5 Å². The third kappa shape index (κ3) is 3.80. The molecule has 2 aliphatic rings. The highest BCUT2D eigenvalue weighted by atomic mass is 19.3. The van der Waals surface area contributed by atoms with Crippen molar-refractivity contribution in [1.29, 1.82) is 0 Å². The van der Waals surface area contributed by atoms with Gasteiger partial charge in [0.15, 0.2) is 0 Å². The number of alkyl halides is 2. The Kier molecular flexibility index (Phi) is 4.58. The van der Waals surface area contributed by atoms with Crippen LogP contribution >= 0.6 is 0 Å². The number of nitrogens with zero attached hydrogens (tertiary/aromatic N) is 1. The smallest absolute Gasteiger partial charge is 0.315 e. The van der Waals surface area contributed by atoms with Gasteiger partial charge in [-0.15, -0.1) is 0 Å². The fourth-order valence-electron chi connectivity index (χ4n) is 4.05. The van der Waals surface area contributed by atoms with Crippen LogP contribution in [-0.4, -0.2) is 23.0 Å². The molecule has 1 heterocycles. The van der Waals surface area contributed by atoms with E-state index in [0.29, 0.717) is 32.2 Å². The van der Waals surface area contributed by atoms with Crippen molar-refractivity contribution in [1.82, 2.24) is 15.6 Å². The molecule has 1 aromatic heterocycles. The summed E-state index contributed by atoms with van der Waals surface area (Å²) in [6.45, 7) is 0.411. The highest BCUT2D eigenvalue weighted by Crippen LogP contribution is 2.67. The SMILES string of the molecule is O=C(NCc1cccc(-c2cccnc2)c1)NC1CCC2(CC1)CC2(F)F. The van der Waals surface area contributed by atoms with E-state index in [0.717, 1.165) is 16.7 Å². The predicted molar refractivity (Wildman–Crippen MR) is 99.3 cm³/mol. The van der Waals surface area contributed by atoms with E-state index in [2.05, 4.69) is 15.6 Å². The number of aromatic nitrogens is 1. The van der Waals surface area contributed by atoms with Gasteiger partial charge in [0.25, 0.3) is 5.92 Å². The molecular weight excluding hydrogens is 348 g/mol. The molecule has 2 aromatic rings. The van der Waals surface area contributed by atoms with Crippen molar-refractivity contribution in [3.05, 3.63) is 54.4 Å². The summed E-state index contributed by atoms with van der Waals surface area (Å²) in [6, 6.07) is 11.6. The van der Waals surface area contributed by atoms with E-state index in [4.69, 9.17) is 0 Å². The maximum atomic E-state index is 13.4. The first kappa shape index (κ1) is 17.9. The maximum absolute atomic E-state index is 13.4. The lowest BCUT2D eigenvalue weighted by Gasteiger charge is -2.29. The fourth-order valence-corrected chi connectivity index (χ4v) is 4.05. The highest BCUT2D eigenvalue weighted by Gasteiger charge is 2.70. The fraction of sp³-hybridized carbons (Fsp3) is 0.429. The van der Waals surface area contributed by atoms with E-state index < -0.39 is 11.3 Å². The number of rotatable bonds is 4. The lowest BCUT2D eigenvalue weighted by atomic mass is 9.83. The summed E-state index contributed by atoms with van der Waals surface area (Å²) in [4.78, 5) is 16.3. The maximum Gasteiger partial charge on any atom is 0.315 e. The third-order valence-corrected chi connectivity index (χ3v) is 5.86. The minimum atomic E-state index is -2.49. The first-order chi connectivity index (χ1) is 13.0. The number of urea groups is 1. The largest absolute Gasteiger partial charge is 0.335 e.